The summed E-state index contributed by atoms with van der Waals surface area (Å²) in [5, 5.41) is 5.17. The van der Waals surface area contributed by atoms with E-state index in [1.807, 2.05) is 12.2 Å². The summed E-state index contributed by atoms with van der Waals surface area (Å²) in [6.45, 7) is 6.42. The van der Waals surface area contributed by atoms with E-state index in [-0.39, 0.29) is 11.5 Å². The Bertz CT molecular complexity index is 663. The molecule has 1 aromatic rings. The van der Waals surface area contributed by atoms with Crippen LogP contribution in [0, 0.1) is 0 Å². The first-order valence-corrected chi connectivity index (χ1v) is 7.62. The number of anilines is 1. The Labute approximate surface area is 139 Å². The van der Waals surface area contributed by atoms with Crippen molar-refractivity contribution in [2.75, 3.05) is 25.5 Å². The number of alkyl halides is 2. The van der Waals surface area contributed by atoms with Gasteiger partial charge >= 0.3 is 5.92 Å². The van der Waals surface area contributed by atoms with Crippen LogP contribution in [0.25, 0.3) is 0 Å². The number of benzene rings is 1. The van der Waals surface area contributed by atoms with Gasteiger partial charge in [-0.1, -0.05) is 18.7 Å². The van der Waals surface area contributed by atoms with Crippen molar-refractivity contribution in [3.63, 3.8) is 0 Å². The zero-order chi connectivity index (χ0) is 18.0. The summed E-state index contributed by atoms with van der Waals surface area (Å²) in [4.78, 5) is 24.7. The van der Waals surface area contributed by atoms with E-state index >= 15 is 0 Å². The molecule has 0 radical (unpaired) electrons. The van der Waals surface area contributed by atoms with Crippen LogP contribution in [0.5, 0.6) is 0 Å². The van der Waals surface area contributed by atoms with E-state index in [9.17, 15) is 18.4 Å². The summed E-state index contributed by atoms with van der Waals surface area (Å²) in [5.41, 5.74) is -0.335. The number of nitrogens with zero attached hydrogens (tertiary/aromatic N) is 1. The number of likely N-dealkylation sites (tertiary alicyclic amines) is 1. The number of carbonyl (C=O) groups excluding carboxylic acids is 2. The van der Waals surface area contributed by atoms with Gasteiger partial charge in [-0.05, 0) is 31.6 Å². The number of halogens is 2. The Morgan fingerprint density at radius 3 is 2.75 bits per heavy atom. The molecule has 24 heavy (non-hydrogen) atoms. The fourth-order valence-electron chi connectivity index (χ4n) is 2.81. The molecular weight excluding hydrogens is 316 g/mol. The SMILES string of the molecule is C=CC(=O)N1CCC(C)(Nc2cccc(C(F)(F)C(=O)NC)c2)C1. The molecule has 0 bridgehead atoms. The van der Waals surface area contributed by atoms with E-state index in [2.05, 4.69) is 11.9 Å². The predicted octanol–water partition coefficient (Wildman–Crippen LogP) is 2.11. The van der Waals surface area contributed by atoms with Gasteiger partial charge in [0.15, 0.2) is 0 Å². The molecule has 2 N–H and O–H groups in total. The standard InChI is InChI=1S/C17H21F2N3O2/c1-4-14(23)22-9-8-16(2,11-22)21-13-7-5-6-12(10-13)17(18,19)15(24)20-3/h4-7,10,21H,1,8-9,11H2,2-3H3,(H,20,24). The fraction of sp³-hybridized carbons (Fsp3) is 0.412. The fourth-order valence-corrected chi connectivity index (χ4v) is 2.81. The topological polar surface area (TPSA) is 61.4 Å². The number of carbonyl (C=O) groups is 2. The van der Waals surface area contributed by atoms with Crippen LogP contribution >= 0.6 is 0 Å². The third kappa shape index (κ3) is 3.55. The van der Waals surface area contributed by atoms with E-state index in [1.54, 1.807) is 11.0 Å². The summed E-state index contributed by atoms with van der Waals surface area (Å²) in [5.74, 6) is -5.11. The number of likely N-dealkylation sites (N-methyl/N-ethyl adjacent to an activating group) is 1. The molecule has 1 aliphatic heterocycles. The number of hydrogen-bond acceptors (Lipinski definition) is 3. The van der Waals surface area contributed by atoms with Crippen LogP contribution in [-0.2, 0) is 15.5 Å². The van der Waals surface area contributed by atoms with Crippen molar-refractivity contribution in [2.45, 2.75) is 24.8 Å². The van der Waals surface area contributed by atoms with Crippen molar-refractivity contribution < 1.29 is 18.4 Å². The smallest absolute Gasteiger partial charge is 0.349 e. The molecule has 1 atom stereocenters. The van der Waals surface area contributed by atoms with Crippen LogP contribution in [0.4, 0.5) is 14.5 Å². The Kier molecular flexibility index (Phi) is 4.91. The van der Waals surface area contributed by atoms with Gasteiger partial charge in [0.1, 0.15) is 0 Å². The zero-order valence-electron chi connectivity index (χ0n) is 13.7. The maximum absolute atomic E-state index is 14.0. The van der Waals surface area contributed by atoms with Crippen LogP contribution in [0.2, 0.25) is 0 Å². The first-order valence-electron chi connectivity index (χ1n) is 7.62. The minimum Gasteiger partial charge on any atom is -0.378 e. The average molecular weight is 337 g/mol. The van der Waals surface area contributed by atoms with Gasteiger partial charge in [0.25, 0.3) is 5.91 Å². The number of rotatable bonds is 5. The highest BCUT2D eigenvalue weighted by Gasteiger charge is 2.41. The van der Waals surface area contributed by atoms with E-state index in [0.717, 1.165) is 0 Å². The third-order valence-corrected chi connectivity index (χ3v) is 4.14. The molecule has 2 amide bonds. The maximum Gasteiger partial charge on any atom is 0.349 e. The summed E-state index contributed by atoms with van der Waals surface area (Å²) >= 11 is 0. The second kappa shape index (κ2) is 6.59. The lowest BCUT2D eigenvalue weighted by molar-refractivity contribution is -0.146. The van der Waals surface area contributed by atoms with Gasteiger partial charge in [0.2, 0.25) is 5.91 Å². The number of hydrogen-bond donors (Lipinski definition) is 2. The molecule has 0 aromatic heterocycles. The van der Waals surface area contributed by atoms with Crippen molar-refractivity contribution >= 4 is 17.5 Å². The molecule has 1 aromatic carbocycles. The highest BCUT2D eigenvalue weighted by atomic mass is 19.3. The van der Waals surface area contributed by atoms with Gasteiger partial charge in [0, 0.05) is 31.4 Å². The summed E-state index contributed by atoms with van der Waals surface area (Å²) in [6.07, 6.45) is 1.94. The Hall–Kier alpha value is -2.44. The molecule has 130 valence electrons. The lowest BCUT2D eigenvalue weighted by Crippen LogP contribution is -2.39. The molecule has 1 aliphatic rings. The molecule has 0 spiro atoms. The van der Waals surface area contributed by atoms with Crippen LogP contribution in [0.1, 0.15) is 18.9 Å². The van der Waals surface area contributed by atoms with Crippen LogP contribution in [-0.4, -0.2) is 42.4 Å². The molecule has 1 heterocycles. The normalized spacial score (nSPS) is 20.6. The summed E-state index contributed by atoms with van der Waals surface area (Å²) in [6, 6.07) is 5.61. The molecule has 1 saturated heterocycles. The van der Waals surface area contributed by atoms with Crippen LogP contribution < -0.4 is 10.6 Å². The van der Waals surface area contributed by atoms with Gasteiger partial charge in [0.05, 0.1) is 5.54 Å². The monoisotopic (exact) mass is 337 g/mol. The van der Waals surface area contributed by atoms with E-state index < -0.39 is 17.4 Å². The molecule has 7 heteroatoms. The molecule has 2 rings (SSSR count). The van der Waals surface area contributed by atoms with Gasteiger partial charge in [-0.3, -0.25) is 9.59 Å². The quantitative estimate of drug-likeness (QED) is 0.809. The van der Waals surface area contributed by atoms with Crippen molar-refractivity contribution in [1.29, 1.82) is 0 Å². The zero-order valence-corrected chi connectivity index (χ0v) is 13.7. The second-order valence-electron chi connectivity index (χ2n) is 6.13. The molecule has 0 aliphatic carbocycles. The van der Waals surface area contributed by atoms with E-state index in [4.69, 9.17) is 0 Å². The van der Waals surface area contributed by atoms with Gasteiger partial charge < -0.3 is 15.5 Å². The first-order chi connectivity index (χ1) is 11.2. The predicted molar refractivity (Wildman–Crippen MR) is 87.8 cm³/mol. The largest absolute Gasteiger partial charge is 0.378 e. The van der Waals surface area contributed by atoms with Gasteiger partial charge in [-0.2, -0.15) is 8.78 Å². The Morgan fingerprint density at radius 1 is 1.42 bits per heavy atom. The highest BCUT2D eigenvalue weighted by molar-refractivity contribution is 5.87. The van der Waals surface area contributed by atoms with Crippen molar-refractivity contribution in [2.24, 2.45) is 0 Å². The minimum absolute atomic E-state index is 0.152. The van der Waals surface area contributed by atoms with Crippen molar-refractivity contribution in [3.8, 4) is 0 Å². The summed E-state index contributed by atoms with van der Waals surface area (Å²) < 4.78 is 28.1. The number of nitrogens with one attached hydrogen (secondary N) is 2. The van der Waals surface area contributed by atoms with Gasteiger partial charge in [-0.25, -0.2) is 0 Å². The molecular formula is C17H21F2N3O2. The van der Waals surface area contributed by atoms with Crippen LogP contribution in [0.3, 0.4) is 0 Å². The lowest BCUT2D eigenvalue weighted by Gasteiger charge is -2.28. The lowest BCUT2D eigenvalue weighted by atomic mass is 10.00. The molecule has 1 unspecified atom stereocenters. The Balaban J connectivity index is 2.17. The van der Waals surface area contributed by atoms with Crippen molar-refractivity contribution in [3.05, 3.63) is 42.5 Å². The molecule has 1 fully saturated rings. The number of amides is 2. The highest BCUT2D eigenvalue weighted by Crippen LogP contribution is 2.32. The van der Waals surface area contributed by atoms with Crippen LogP contribution in [0.15, 0.2) is 36.9 Å². The first kappa shape index (κ1) is 17.9. The molecule has 0 saturated carbocycles. The molecule has 5 nitrogen and oxygen atoms in total. The van der Waals surface area contributed by atoms with Gasteiger partial charge in [-0.15, -0.1) is 0 Å². The minimum atomic E-state index is -3.60. The summed E-state index contributed by atoms with van der Waals surface area (Å²) in [7, 11) is 1.17. The van der Waals surface area contributed by atoms with E-state index in [1.165, 1.54) is 31.3 Å². The average Bonchev–Trinajstić information content (AvgIpc) is 2.95. The Morgan fingerprint density at radius 2 is 2.12 bits per heavy atom. The van der Waals surface area contributed by atoms with E-state index in [0.29, 0.717) is 25.2 Å². The second-order valence-corrected chi connectivity index (χ2v) is 6.13. The third-order valence-electron chi connectivity index (χ3n) is 4.14. The van der Waals surface area contributed by atoms with Crippen molar-refractivity contribution in [1.82, 2.24) is 10.2 Å². The maximum atomic E-state index is 14.0.